The topological polar surface area (TPSA) is 62.2 Å². The molecule has 2 N–H and O–H groups in total. The van der Waals surface area contributed by atoms with Crippen LogP contribution in [0.5, 0.6) is 0 Å². The van der Waals surface area contributed by atoms with E-state index in [4.69, 9.17) is 5.11 Å². The minimum atomic E-state index is -1.03. The summed E-state index contributed by atoms with van der Waals surface area (Å²) in [4.78, 5) is 15.6. The van der Waals surface area contributed by atoms with Gasteiger partial charge in [-0.15, -0.1) is 11.8 Å². The van der Waals surface area contributed by atoms with Crippen LogP contribution >= 0.6 is 11.8 Å². The van der Waals surface area contributed by atoms with Gasteiger partial charge in [0.2, 0.25) is 0 Å². The van der Waals surface area contributed by atoms with Crippen LogP contribution in [0.1, 0.15) is 19.5 Å². The van der Waals surface area contributed by atoms with Gasteiger partial charge < -0.3 is 10.4 Å². The molecule has 0 atom stereocenters. The zero-order chi connectivity index (χ0) is 12.0. The Morgan fingerprint density at radius 1 is 1.62 bits per heavy atom. The highest BCUT2D eigenvalue weighted by atomic mass is 32.2. The first-order chi connectivity index (χ1) is 7.58. The molecule has 16 heavy (non-hydrogen) atoms. The van der Waals surface area contributed by atoms with Crippen molar-refractivity contribution >= 4 is 17.9 Å². The lowest BCUT2D eigenvalue weighted by Gasteiger charge is -2.06. The first-order valence-corrected chi connectivity index (χ1v) is 6.11. The lowest BCUT2D eigenvalue weighted by Crippen LogP contribution is -2.20. The standard InChI is InChI=1S/C11H16N2O2S/c1-8(2)7-16-10-3-4-12-9(5-10)6-13-11(14)15/h3-5,8,13H,6-7H2,1-2H3,(H,14,15). The number of hydrogen-bond acceptors (Lipinski definition) is 3. The molecule has 0 aliphatic rings. The summed E-state index contributed by atoms with van der Waals surface area (Å²) in [5.41, 5.74) is 0.746. The van der Waals surface area contributed by atoms with Crippen LogP contribution in [-0.4, -0.2) is 21.9 Å². The van der Waals surface area contributed by atoms with E-state index in [9.17, 15) is 4.79 Å². The minimum Gasteiger partial charge on any atom is -0.465 e. The number of nitrogens with zero attached hydrogens (tertiary/aromatic N) is 1. The molecule has 1 rings (SSSR count). The fourth-order valence-electron chi connectivity index (χ4n) is 1.07. The normalized spacial score (nSPS) is 10.4. The molecule has 0 spiro atoms. The zero-order valence-corrected chi connectivity index (χ0v) is 10.3. The molecule has 0 aromatic carbocycles. The molecule has 0 fully saturated rings. The maximum absolute atomic E-state index is 10.3. The van der Waals surface area contributed by atoms with E-state index in [-0.39, 0.29) is 6.54 Å². The molecule has 0 aliphatic carbocycles. The van der Waals surface area contributed by atoms with Crippen LogP contribution in [0.15, 0.2) is 23.2 Å². The average molecular weight is 240 g/mol. The summed E-state index contributed by atoms with van der Waals surface area (Å²) in [5, 5.41) is 10.8. The van der Waals surface area contributed by atoms with Crippen molar-refractivity contribution in [1.82, 2.24) is 10.3 Å². The van der Waals surface area contributed by atoms with Gasteiger partial charge in [0.05, 0.1) is 12.2 Å². The summed E-state index contributed by atoms with van der Waals surface area (Å²) < 4.78 is 0. The van der Waals surface area contributed by atoms with Crippen LogP contribution in [0.25, 0.3) is 0 Å². The Bertz CT molecular complexity index is 356. The van der Waals surface area contributed by atoms with Crippen molar-refractivity contribution < 1.29 is 9.90 Å². The number of pyridine rings is 1. The molecule has 0 radical (unpaired) electrons. The first kappa shape index (κ1) is 12.8. The van der Waals surface area contributed by atoms with E-state index >= 15 is 0 Å². The molecule has 1 heterocycles. The number of rotatable bonds is 5. The molecule has 4 nitrogen and oxygen atoms in total. The summed E-state index contributed by atoms with van der Waals surface area (Å²) in [7, 11) is 0. The van der Waals surface area contributed by atoms with Crippen molar-refractivity contribution in [3.8, 4) is 0 Å². The third kappa shape index (κ3) is 5.02. The van der Waals surface area contributed by atoms with E-state index in [1.165, 1.54) is 0 Å². The smallest absolute Gasteiger partial charge is 0.404 e. The van der Waals surface area contributed by atoms with Crippen LogP contribution in [0.4, 0.5) is 4.79 Å². The number of thioether (sulfide) groups is 1. The van der Waals surface area contributed by atoms with E-state index < -0.39 is 6.09 Å². The van der Waals surface area contributed by atoms with Crippen molar-refractivity contribution in [3.05, 3.63) is 24.0 Å². The van der Waals surface area contributed by atoms with E-state index in [2.05, 4.69) is 24.1 Å². The maximum Gasteiger partial charge on any atom is 0.404 e. The van der Waals surface area contributed by atoms with Crippen LogP contribution in [0, 0.1) is 5.92 Å². The van der Waals surface area contributed by atoms with Gasteiger partial charge in [0.15, 0.2) is 0 Å². The fraction of sp³-hybridized carbons (Fsp3) is 0.455. The molecule has 0 saturated heterocycles. The van der Waals surface area contributed by atoms with Gasteiger partial charge in [0.1, 0.15) is 0 Å². The SMILES string of the molecule is CC(C)CSc1ccnc(CNC(=O)O)c1. The van der Waals surface area contributed by atoms with Gasteiger partial charge in [-0.3, -0.25) is 4.98 Å². The van der Waals surface area contributed by atoms with Gasteiger partial charge in [-0.05, 0) is 18.1 Å². The molecule has 1 amide bonds. The van der Waals surface area contributed by atoms with Crippen molar-refractivity contribution in [2.75, 3.05) is 5.75 Å². The van der Waals surface area contributed by atoms with Crippen LogP contribution in [-0.2, 0) is 6.54 Å². The molecule has 5 heteroatoms. The fourth-order valence-corrected chi connectivity index (χ4v) is 1.97. The van der Waals surface area contributed by atoms with Gasteiger partial charge in [0, 0.05) is 16.8 Å². The monoisotopic (exact) mass is 240 g/mol. The first-order valence-electron chi connectivity index (χ1n) is 5.12. The molecular formula is C11H16N2O2S. The number of amides is 1. The Kier molecular flexibility index (Phi) is 5.11. The lowest BCUT2D eigenvalue weighted by atomic mass is 10.3. The van der Waals surface area contributed by atoms with Gasteiger partial charge in [-0.1, -0.05) is 13.8 Å². The quantitative estimate of drug-likeness (QED) is 0.777. The third-order valence-corrected chi connectivity index (χ3v) is 3.21. The Labute approximate surface area is 99.5 Å². The maximum atomic E-state index is 10.3. The molecule has 1 aromatic rings. The van der Waals surface area contributed by atoms with Gasteiger partial charge in [0.25, 0.3) is 0 Å². The van der Waals surface area contributed by atoms with Gasteiger partial charge in [-0.25, -0.2) is 4.79 Å². The molecule has 1 aromatic heterocycles. The Hall–Kier alpha value is -1.23. The molecule has 0 aliphatic heterocycles. The summed E-state index contributed by atoms with van der Waals surface area (Å²) in [5.74, 6) is 1.69. The summed E-state index contributed by atoms with van der Waals surface area (Å²) in [6.07, 6.45) is 0.684. The average Bonchev–Trinajstić information content (AvgIpc) is 2.24. The van der Waals surface area contributed by atoms with Crippen molar-refractivity contribution in [2.45, 2.75) is 25.3 Å². The second-order valence-corrected chi connectivity index (χ2v) is 4.94. The third-order valence-electron chi connectivity index (χ3n) is 1.79. The number of nitrogens with one attached hydrogen (secondary N) is 1. The molecule has 88 valence electrons. The van der Waals surface area contributed by atoms with E-state index in [0.29, 0.717) is 5.92 Å². The minimum absolute atomic E-state index is 0.255. The van der Waals surface area contributed by atoms with Crippen LogP contribution in [0.3, 0.4) is 0 Å². The molecule has 0 bridgehead atoms. The van der Waals surface area contributed by atoms with Gasteiger partial charge in [-0.2, -0.15) is 0 Å². The van der Waals surface area contributed by atoms with Crippen LogP contribution < -0.4 is 5.32 Å². The van der Waals surface area contributed by atoms with Crippen molar-refractivity contribution in [1.29, 1.82) is 0 Å². The van der Waals surface area contributed by atoms with E-state index in [1.54, 1.807) is 18.0 Å². The van der Waals surface area contributed by atoms with Crippen molar-refractivity contribution in [3.63, 3.8) is 0 Å². The van der Waals surface area contributed by atoms with Gasteiger partial charge >= 0.3 is 6.09 Å². The summed E-state index contributed by atoms with van der Waals surface area (Å²) in [6.45, 7) is 4.59. The van der Waals surface area contributed by atoms with E-state index in [1.807, 2.05) is 12.1 Å². The number of aromatic nitrogens is 1. The number of carbonyl (C=O) groups is 1. The summed E-state index contributed by atoms with van der Waals surface area (Å²) >= 11 is 1.76. The zero-order valence-electron chi connectivity index (χ0n) is 9.43. The Morgan fingerprint density at radius 2 is 2.38 bits per heavy atom. The second-order valence-electron chi connectivity index (χ2n) is 3.85. The molecule has 0 saturated carbocycles. The predicted molar refractivity (Wildman–Crippen MR) is 64.7 cm³/mol. The highest BCUT2D eigenvalue weighted by molar-refractivity contribution is 7.99. The number of carboxylic acid groups (broad SMARTS) is 1. The Morgan fingerprint density at radius 3 is 3.00 bits per heavy atom. The summed E-state index contributed by atoms with van der Waals surface area (Å²) in [6, 6.07) is 3.86. The van der Waals surface area contributed by atoms with E-state index in [0.717, 1.165) is 16.3 Å². The largest absolute Gasteiger partial charge is 0.465 e. The predicted octanol–water partition coefficient (Wildman–Crippen LogP) is 2.60. The highest BCUT2D eigenvalue weighted by Gasteiger charge is 2.01. The molecule has 0 unspecified atom stereocenters. The van der Waals surface area contributed by atoms with Crippen LogP contribution in [0.2, 0.25) is 0 Å². The highest BCUT2D eigenvalue weighted by Crippen LogP contribution is 2.20. The second kappa shape index (κ2) is 6.37. The number of hydrogen-bond donors (Lipinski definition) is 2. The lowest BCUT2D eigenvalue weighted by molar-refractivity contribution is 0.194. The Balaban J connectivity index is 2.53. The van der Waals surface area contributed by atoms with Crippen molar-refractivity contribution in [2.24, 2.45) is 5.92 Å². The molecular weight excluding hydrogens is 224 g/mol.